The topological polar surface area (TPSA) is 58.6 Å². The van der Waals surface area contributed by atoms with E-state index in [1.807, 2.05) is 43.3 Å². The molecule has 2 aromatic carbocycles. The van der Waals surface area contributed by atoms with Gasteiger partial charge < -0.3 is 15.0 Å². The van der Waals surface area contributed by atoms with Gasteiger partial charge in [0.1, 0.15) is 5.75 Å². The minimum Gasteiger partial charge on any atom is -0.484 e. The minimum atomic E-state index is -0.198. The molecule has 0 bridgehead atoms. The molecule has 1 aliphatic heterocycles. The number of carbonyl (C=O) groups excluding carboxylic acids is 2. The van der Waals surface area contributed by atoms with Crippen molar-refractivity contribution in [3.63, 3.8) is 0 Å². The molecule has 1 heterocycles. The quantitative estimate of drug-likeness (QED) is 0.777. The molecule has 0 aliphatic carbocycles. The largest absolute Gasteiger partial charge is 0.484 e. The summed E-state index contributed by atoms with van der Waals surface area (Å²) < 4.78 is 6.56. The first-order valence-electron chi connectivity index (χ1n) is 8.61. The standard InChI is InChI=1S/C20H21BrN2O3/c1-14(17-8-2-3-9-18(17)21)22-19(24)13-26-16-7-4-6-15(12-16)23-11-5-10-20(23)25/h2-4,6-9,12,14H,5,10-11,13H2,1H3,(H,22,24)/t14-/m1/s1. The van der Waals surface area contributed by atoms with Gasteiger partial charge in [0.15, 0.2) is 6.61 Å². The van der Waals surface area contributed by atoms with E-state index in [2.05, 4.69) is 21.2 Å². The van der Waals surface area contributed by atoms with Gasteiger partial charge in [-0.3, -0.25) is 9.59 Å². The number of benzene rings is 2. The normalized spacial score (nSPS) is 15.0. The molecule has 0 radical (unpaired) electrons. The highest BCUT2D eigenvalue weighted by atomic mass is 79.9. The maximum Gasteiger partial charge on any atom is 0.258 e. The SMILES string of the molecule is C[C@@H](NC(=O)COc1cccc(N2CCCC2=O)c1)c1ccccc1Br. The summed E-state index contributed by atoms with van der Waals surface area (Å²) in [4.78, 5) is 25.8. The highest BCUT2D eigenvalue weighted by Crippen LogP contribution is 2.25. The van der Waals surface area contributed by atoms with E-state index < -0.39 is 0 Å². The van der Waals surface area contributed by atoms with E-state index in [9.17, 15) is 9.59 Å². The Kier molecular flexibility index (Phi) is 5.93. The molecular weight excluding hydrogens is 396 g/mol. The molecule has 2 amide bonds. The number of nitrogens with one attached hydrogen (secondary N) is 1. The minimum absolute atomic E-state index is 0.0772. The van der Waals surface area contributed by atoms with Crippen molar-refractivity contribution in [2.24, 2.45) is 0 Å². The van der Waals surface area contributed by atoms with Gasteiger partial charge in [0.05, 0.1) is 6.04 Å². The second-order valence-electron chi connectivity index (χ2n) is 6.25. The van der Waals surface area contributed by atoms with E-state index in [0.29, 0.717) is 12.2 Å². The first-order valence-corrected chi connectivity index (χ1v) is 9.41. The van der Waals surface area contributed by atoms with Crippen molar-refractivity contribution >= 4 is 33.4 Å². The van der Waals surface area contributed by atoms with Gasteiger partial charge in [0, 0.05) is 29.2 Å². The van der Waals surface area contributed by atoms with Crippen LogP contribution in [0.4, 0.5) is 5.69 Å². The number of ether oxygens (including phenoxy) is 1. The number of hydrogen-bond donors (Lipinski definition) is 1. The van der Waals surface area contributed by atoms with Gasteiger partial charge in [-0.2, -0.15) is 0 Å². The van der Waals surface area contributed by atoms with Gasteiger partial charge in [-0.25, -0.2) is 0 Å². The van der Waals surface area contributed by atoms with Crippen molar-refractivity contribution < 1.29 is 14.3 Å². The number of anilines is 1. The lowest BCUT2D eigenvalue weighted by Crippen LogP contribution is -2.31. The first-order chi connectivity index (χ1) is 12.5. The van der Waals surface area contributed by atoms with Crippen LogP contribution in [0.5, 0.6) is 5.75 Å². The van der Waals surface area contributed by atoms with Gasteiger partial charge >= 0.3 is 0 Å². The van der Waals surface area contributed by atoms with E-state index in [-0.39, 0.29) is 24.5 Å². The second-order valence-corrected chi connectivity index (χ2v) is 7.10. The Morgan fingerprint density at radius 2 is 2.08 bits per heavy atom. The van der Waals surface area contributed by atoms with Crippen molar-refractivity contribution in [2.75, 3.05) is 18.1 Å². The first kappa shape index (κ1) is 18.5. The summed E-state index contributed by atoms with van der Waals surface area (Å²) in [5.74, 6) is 0.504. The van der Waals surface area contributed by atoms with Gasteiger partial charge in [0.25, 0.3) is 5.91 Å². The fraction of sp³-hybridized carbons (Fsp3) is 0.300. The summed E-state index contributed by atoms with van der Waals surface area (Å²) >= 11 is 3.49. The van der Waals surface area contributed by atoms with Crippen LogP contribution in [0.25, 0.3) is 0 Å². The molecular formula is C20H21BrN2O3. The lowest BCUT2D eigenvalue weighted by molar-refractivity contribution is -0.123. The fourth-order valence-corrected chi connectivity index (χ4v) is 3.63. The molecule has 136 valence electrons. The molecule has 1 aliphatic rings. The smallest absolute Gasteiger partial charge is 0.258 e. The summed E-state index contributed by atoms with van der Waals surface area (Å²) in [5.41, 5.74) is 1.82. The third-order valence-corrected chi connectivity index (χ3v) is 5.04. The third kappa shape index (κ3) is 4.43. The number of nitrogens with zero attached hydrogens (tertiary/aromatic N) is 1. The van der Waals surface area contributed by atoms with Gasteiger partial charge in [-0.15, -0.1) is 0 Å². The Morgan fingerprint density at radius 1 is 1.27 bits per heavy atom. The van der Waals surface area contributed by atoms with Crippen LogP contribution < -0.4 is 15.0 Å². The predicted molar refractivity (Wildman–Crippen MR) is 104 cm³/mol. The monoisotopic (exact) mass is 416 g/mol. The second kappa shape index (κ2) is 8.36. The number of carbonyl (C=O) groups is 2. The molecule has 1 atom stereocenters. The Labute approximate surface area is 161 Å². The molecule has 5 nitrogen and oxygen atoms in total. The molecule has 1 N–H and O–H groups in total. The zero-order valence-corrected chi connectivity index (χ0v) is 16.2. The predicted octanol–water partition coefficient (Wildman–Crippen LogP) is 3.83. The molecule has 26 heavy (non-hydrogen) atoms. The summed E-state index contributed by atoms with van der Waals surface area (Å²) in [6.45, 7) is 2.58. The molecule has 2 aromatic rings. The highest BCUT2D eigenvalue weighted by Gasteiger charge is 2.22. The molecule has 1 fully saturated rings. The van der Waals surface area contributed by atoms with Crippen molar-refractivity contribution in [2.45, 2.75) is 25.8 Å². The van der Waals surface area contributed by atoms with Gasteiger partial charge in [0.2, 0.25) is 5.91 Å². The van der Waals surface area contributed by atoms with Crippen molar-refractivity contribution in [3.05, 3.63) is 58.6 Å². The summed E-state index contributed by atoms with van der Waals surface area (Å²) in [6.07, 6.45) is 1.46. The molecule has 6 heteroatoms. The third-order valence-electron chi connectivity index (χ3n) is 4.32. The van der Waals surface area contributed by atoms with Crippen LogP contribution in [-0.2, 0) is 9.59 Å². The van der Waals surface area contributed by atoms with Crippen LogP contribution in [0, 0.1) is 0 Å². The van der Waals surface area contributed by atoms with Crippen LogP contribution in [0.15, 0.2) is 53.0 Å². The zero-order chi connectivity index (χ0) is 18.5. The maximum atomic E-state index is 12.2. The average molecular weight is 417 g/mol. The molecule has 0 spiro atoms. The molecule has 0 aromatic heterocycles. The van der Waals surface area contributed by atoms with Crippen molar-refractivity contribution in [1.29, 1.82) is 0 Å². The van der Waals surface area contributed by atoms with Gasteiger partial charge in [-0.05, 0) is 37.1 Å². The Morgan fingerprint density at radius 3 is 2.81 bits per heavy atom. The fourth-order valence-electron chi connectivity index (χ4n) is 3.00. The van der Waals surface area contributed by atoms with Crippen LogP contribution in [-0.4, -0.2) is 25.0 Å². The van der Waals surface area contributed by atoms with E-state index in [1.165, 1.54) is 0 Å². The molecule has 1 saturated heterocycles. The maximum absolute atomic E-state index is 12.2. The van der Waals surface area contributed by atoms with E-state index >= 15 is 0 Å². The van der Waals surface area contributed by atoms with Crippen LogP contribution in [0.2, 0.25) is 0 Å². The summed E-state index contributed by atoms with van der Waals surface area (Å²) in [6, 6.07) is 14.9. The Hall–Kier alpha value is -2.34. The lowest BCUT2D eigenvalue weighted by Gasteiger charge is -2.18. The van der Waals surface area contributed by atoms with E-state index in [0.717, 1.165) is 28.7 Å². The van der Waals surface area contributed by atoms with Crippen LogP contribution >= 0.6 is 15.9 Å². The van der Waals surface area contributed by atoms with Crippen molar-refractivity contribution in [3.8, 4) is 5.75 Å². The van der Waals surface area contributed by atoms with Crippen LogP contribution in [0.1, 0.15) is 31.4 Å². The summed E-state index contributed by atoms with van der Waals surface area (Å²) in [7, 11) is 0. The molecule has 0 saturated carbocycles. The van der Waals surface area contributed by atoms with Gasteiger partial charge in [-0.1, -0.05) is 40.2 Å². The van der Waals surface area contributed by atoms with E-state index in [1.54, 1.807) is 17.0 Å². The number of halogens is 1. The highest BCUT2D eigenvalue weighted by molar-refractivity contribution is 9.10. The lowest BCUT2D eigenvalue weighted by atomic mass is 10.1. The van der Waals surface area contributed by atoms with E-state index in [4.69, 9.17) is 4.74 Å². The zero-order valence-electron chi connectivity index (χ0n) is 14.6. The number of rotatable bonds is 6. The molecule has 0 unspecified atom stereocenters. The average Bonchev–Trinajstić information content (AvgIpc) is 3.06. The Bertz CT molecular complexity index is 809. The number of amides is 2. The van der Waals surface area contributed by atoms with Crippen molar-refractivity contribution in [1.82, 2.24) is 5.32 Å². The molecule has 3 rings (SSSR count). The van der Waals surface area contributed by atoms with Crippen LogP contribution in [0.3, 0.4) is 0 Å². The number of hydrogen-bond acceptors (Lipinski definition) is 3. The Balaban J connectivity index is 1.56. The summed E-state index contributed by atoms with van der Waals surface area (Å²) in [5, 5.41) is 2.93.